The molecule has 0 radical (unpaired) electrons. The van der Waals surface area contributed by atoms with Crippen LogP contribution >= 0.6 is 0 Å². The Bertz CT molecular complexity index is 961. The lowest BCUT2D eigenvalue weighted by Crippen LogP contribution is -2.19. The van der Waals surface area contributed by atoms with Crippen molar-refractivity contribution in [1.29, 1.82) is 0 Å². The lowest BCUT2D eigenvalue weighted by Gasteiger charge is -2.21. The first-order valence-electron chi connectivity index (χ1n) is 9.90. The van der Waals surface area contributed by atoms with Crippen LogP contribution < -0.4 is 0 Å². The Morgan fingerprint density at radius 3 is 2.41 bits per heavy atom. The number of hydrogen-bond donors (Lipinski definition) is 0. The van der Waals surface area contributed by atoms with Crippen LogP contribution in [0.3, 0.4) is 0 Å². The normalized spacial score (nSPS) is 14.2. The highest BCUT2D eigenvalue weighted by Crippen LogP contribution is 2.24. The zero-order valence-electron chi connectivity index (χ0n) is 16.3. The lowest BCUT2D eigenvalue weighted by molar-refractivity contribution is -0.139. The van der Waals surface area contributed by atoms with Crippen LogP contribution in [0, 0.1) is 0 Å². The number of rotatable bonds is 7. The Labute approximate surface area is 170 Å². The third kappa shape index (κ3) is 5.10. The summed E-state index contributed by atoms with van der Waals surface area (Å²) in [6, 6.07) is 20.0. The molecule has 1 saturated heterocycles. The largest absolute Gasteiger partial charge is 0.456 e. The topological polar surface area (TPSA) is 60.2 Å². The Morgan fingerprint density at radius 2 is 1.69 bits per heavy atom. The summed E-state index contributed by atoms with van der Waals surface area (Å²) in [7, 11) is 0. The molecule has 1 fully saturated rings. The van der Waals surface area contributed by atoms with E-state index in [1.807, 2.05) is 66.9 Å². The SMILES string of the molecule is O=C(/C=C(\c1ccccc1)N1CCCC1)OCc1cn(Cc2ccccc2)nn1. The smallest absolute Gasteiger partial charge is 0.333 e. The van der Waals surface area contributed by atoms with Crippen molar-refractivity contribution in [2.75, 3.05) is 13.1 Å². The number of carbonyl (C=O) groups excluding carboxylic acids is 1. The van der Waals surface area contributed by atoms with Crippen LogP contribution in [0.15, 0.2) is 72.9 Å². The highest BCUT2D eigenvalue weighted by Gasteiger charge is 2.18. The van der Waals surface area contributed by atoms with Gasteiger partial charge in [-0.3, -0.25) is 0 Å². The van der Waals surface area contributed by atoms with Crippen molar-refractivity contribution in [2.24, 2.45) is 0 Å². The summed E-state index contributed by atoms with van der Waals surface area (Å²) in [5.41, 5.74) is 3.72. The predicted octanol–water partition coefficient (Wildman–Crippen LogP) is 3.51. The number of hydrogen-bond acceptors (Lipinski definition) is 5. The summed E-state index contributed by atoms with van der Waals surface area (Å²) in [5, 5.41) is 8.22. The van der Waals surface area contributed by atoms with Gasteiger partial charge in [0.1, 0.15) is 12.3 Å². The van der Waals surface area contributed by atoms with Crippen molar-refractivity contribution in [3.8, 4) is 0 Å². The maximum absolute atomic E-state index is 12.5. The molecule has 0 atom stereocenters. The first kappa shape index (κ1) is 18.9. The standard InChI is InChI=1S/C23H24N4O2/c28-23(15-22(26-13-7-8-14-26)20-11-5-2-6-12-20)29-18-21-17-27(25-24-21)16-19-9-3-1-4-10-19/h1-6,9-12,15,17H,7-8,13-14,16,18H2/b22-15+. The van der Waals surface area contributed by atoms with Crippen molar-refractivity contribution >= 4 is 11.7 Å². The summed E-state index contributed by atoms with van der Waals surface area (Å²) in [4.78, 5) is 14.7. The van der Waals surface area contributed by atoms with E-state index in [4.69, 9.17) is 4.74 Å². The molecule has 1 aliphatic heterocycles. The molecule has 0 N–H and O–H groups in total. The summed E-state index contributed by atoms with van der Waals surface area (Å²) in [6.07, 6.45) is 5.69. The average Bonchev–Trinajstić information content (AvgIpc) is 3.44. The van der Waals surface area contributed by atoms with Crippen LogP contribution in [-0.2, 0) is 22.7 Å². The van der Waals surface area contributed by atoms with Gasteiger partial charge in [0.15, 0.2) is 0 Å². The van der Waals surface area contributed by atoms with E-state index in [9.17, 15) is 4.79 Å². The molecule has 1 aromatic heterocycles. The van der Waals surface area contributed by atoms with Gasteiger partial charge in [-0.05, 0) is 24.0 Å². The van der Waals surface area contributed by atoms with E-state index in [1.165, 1.54) is 0 Å². The molecule has 0 unspecified atom stereocenters. The average molecular weight is 388 g/mol. The van der Waals surface area contributed by atoms with Crippen molar-refractivity contribution in [3.05, 3.63) is 89.8 Å². The van der Waals surface area contributed by atoms with E-state index < -0.39 is 0 Å². The molecule has 1 aliphatic rings. The molecule has 148 valence electrons. The maximum Gasteiger partial charge on any atom is 0.333 e. The minimum Gasteiger partial charge on any atom is -0.456 e. The quantitative estimate of drug-likeness (QED) is 0.458. The number of nitrogens with zero attached hydrogens (tertiary/aromatic N) is 4. The number of ether oxygens (including phenoxy) is 1. The zero-order chi connectivity index (χ0) is 19.9. The number of aromatic nitrogens is 3. The fraction of sp³-hybridized carbons (Fsp3) is 0.261. The summed E-state index contributed by atoms with van der Waals surface area (Å²) >= 11 is 0. The highest BCUT2D eigenvalue weighted by molar-refractivity contribution is 5.91. The fourth-order valence-corrected chi connectivity index (χ4v) is 3.47. The van der Waals surface area contributed by atoms with Crippen LogP contribution in [-0.4, -0.2) is 39.0 Å². The Balaban J connectivity index is 1.39. The first-order valence-corrected chi connectivity index (χ1v) is 9.90. The van der Waals surface area contributed by atoms with E-state index in [0.717, 1.165) is 42.8 Å². The van der Waals surface area contributed by atoms with Crippen LogP contribution in [0.5, 0.6) is 0 Å². The van der Waals surface area contributed by atoms with Crippen LogP contribution in [0.4, 0.5) is 0 Å². The van der Waals surface area contributed by atoms with Gasteiger partial charge in [0.25, 0.3) is 0 Å². The summed E-state index contributed by atoms with van der Waals surface area (Å²) in [5.74, 6) is -0.367. The molecule has 2 aromatic carbocycles. The third-order valence-electron chi connectivity index (χ3n) is 4.91. The molecule has 6 heteroatoms. The van der Waals surface area contributed by atoms with Gasteiger partial charge in [-0.15, -0.1) is 5.10 Å². The van der Waals surface area contributed by atoms with Crippen molar-refractivity contribution < 1.29 is 9.53 Å². The van der Waals surface area contributed by atoms with Gasteiger partial charge in [-0.2, -0.15) is 0 Å². The molecule has 4 rings (SSSR count). The van der Waals surface area contributed by atoms with Crippen molar-refractivity contribution in [2.45, 2.75) is 26.0 Å². The Kier molecular flexibility index (Phi) is 6.00. The molecular formula is C23H24N4O2. The molecule has 0 aliphatic carbocycles. The minimum atomic E-state index is -0.367. The van der Waals surface area contributed by atoms with E-state index in [2.05, 4.69) is 15.2 Å². The van der Waals surface area contributed by atoms with Gasteiger partial charge in [0.2, 0.25) is 0 Å². The number of likely N-dealkylation sites (tertiary alicyclic amines) is 1. The van der Waals surface area contributed by atoms with Gasteiger partial charge >= 0.3 is 5.97 Å². The van der Waals surface area contributed by atoms with Gasteiger partial charge < -0.3 is 9.64 Å². The van der Waals surface area contributed by atoms with Crippen molar-refractivity contribution in [1.82, 2.24) is 19.9 Å². The highest BCUT2D eigenvalue weighted by atomic mass is 16.5. The second-order valence-electron chi connectivity index (χ2n) is 7.09. The molecule has 3 aromatic rings. The number of benzene rings is 2. The third-order valence-corrected chi connectivity index (χ3v) is 4.91. The van der Waals surface area contributed by atoms with Gasteiger partial charge in [0.05, 0.1) is 18.4 Å². The molecule has 0 spiro atoms. The molecule has 0 amide bonds. The monoisotopic (exact) mass is 388 g/mol. The van der Waals surface area contributed by atoms with Crippen LogP contribution in [0.2, 0.25) is 0 Å². The Morgan fingerprint density at radius 1 is 1.00 bits per heavy atom. The van der Waals surface area contributed by atoms with Gasteiger partial charge in [0, 0.05) is 19.2 Å². The van der Waals surface area contributed by atoms with E-state index in [-0.39, 0.29) is 12.6 Å². The predicted molar refractivity (Wildman–Crippen MR) is 111 cm³/mol. The summed E-state index contributed by atoms with van der Waals surface area (Å²) < 4.78 is 7.19. The number of carbonyl (C=O) groups is 1. The molecule has 0 bridgehead atoms. The zero-order valence-corrected chi connectivity index (χ0v) is 16.3. The van der Waals surface area contributed by atoms with E-state index in [1.54, 1.807) is 10.8 Å². The van der Waals surface area contributed by atoms with Crippen LogP contribution in [0.1, 0.15) is 29.7 Å². The summed E-state index contributed by atoms with van der Waals surface area (Å²) in [6.45, 7) is 2.66. The second-order valence-corrected chi connectivity index (χ2v) is 7.09. The fourth-order valence-electron chi connectivity index (χ4n) is 3.47. The van der Waals surface area contributed by atoms with Gasteiger partial charge in [-0.1, -0.05) is 65.9 Å². The van der Waals surface area contributed by atoms with E-state index >= 15 is 0 Å². The van der Waals surface area contributed by atoms with Crippen molar-refractivity contribution in [3.63, 3.8) is 0 Å². The van der Waals surface area contributed by atoms with Gasteiger partial charge in [-0.25, -0.2) is 9.48 Å². The molecular weight excluding hydrogens is 364 g/mol. The van der Waals surface area contributed by atoms with E-state index in [0.29, 0.717) is 12.2 Å². The van der Waals surface area contributed by atoms with Crippen LogP contribution in [0.25, 0.3) is 5.70 Å². The molecule has 6 nitrogen and oxygen atoms in total. The number of esters is 1. The maximum atomic E-state index is 12.5. The lowest BCUT2D eigenvalue weighted by atomic mass is 10.1. The Hall–Kier alpha value is -3.41. The minimum absolute atomic E-state index is 0.103. The molecule has 29 heavy (non-hydrogen) atoms. The second kappa shape index (κ2) is 9.19. The molecule has 2 heterocycles. The molecule has 0 saturated carbocycles. The first-order chi connectivity index (χ1) is 14.3.